The third kappa shape index (κ3) is 3.39. The quantitative estimate of drug-likeness (QED) is 0.864. The van der Waals surface area contributed by atoms with E-state index in [4.69, 9.17) is 4.74 Å². The van der Waals surface area contributed by atoms with Crippen LogP contribution in [0, 0.1) is 5.92 Å². The van der Waals surface area contributed by atoms with Gasteiger partial charge in [-0.25, -0.2) is 0 Å². The van der Waals surface area contributed by atoms with Crippen molar-refractivity contribution < 1.29 is 4.74 Å². The Bertz CT molecular complexity index is 397. The van der Waals surface area contributed by atoms with Gasteiger partial charge in [0.15, 0.2) is 0 Å². The van der Waals surface area contributed by atoms with E-state index in [2.05, 4.69) is 56.8 Å². The predicted octanol–water partition coefficient (Wildman–Crippen LogP) is 4.38. The van der Waals surface area contributed by atoms with Gasteiger partial charge in [0.25, 0.3) is 0 Å². The number of thiophene rings is 1. The summed E-state index contributed by atoms with van der Waals surface area (Å²) in [6, 6.07) is 2.65. The summed E-state index contributed by atoms with van der Waals surface area (Å²) in [5.41, 5.74) is 1.32. The van der Waals surface area contributed by atoms with Gasteiger partial charge in [-0.15, -0.1) is 0 Å². The second-order valence-electron chi connectivity index (χ2n) is 6.76. The summed E-state index contributed by atoms with van der Waals surface area (Å²) >= 11 is 1.78. The molecule has 0 spiro atoms. The Balaban J connectivity index is 2.23. The van der Waals surface area contributed by atoms with Crippen molar-refractivity contribution in [2.75, 3.05) is 6.54 Å². The Kier molecular flexibility index (Phi) is 4.38. The topological polar surface area (TPSA) is 21.3 Å². The molecule has 2 nitrogen and oxygen atoms in total. The summed E-state index contributed by atoms with van der Waals surface area (Å²) in [5.74, 6) is 0.517. The van der Waals surface area contributed by atoms with Gasteiger partial charge < -0.3 is 10.1 Å². The molecule has 2 rings (SSSR count). The van der Waals surface area contributed by atoms with Crippen LogP contribution >= 0.6 is 11.3 Å². The van der Waals surface area contributed by atoms with Crippen molar-refractivity contribution in [1.29, 1.82) is 0 Å². The fraction of sp³-hybridized carbons (Fsp3) is 0.750. The molecular formula is C16H27NOS. The number of hydrogen-bond donors (Lipinski definition) is 1. The van der Waals surface area contributed by atoms with E-state index < -0.39 is 0 Å². The maximum absolute atomic E-state index is 6.27. The van der Waals surface area contributed by atoms with Crippen molar-refractivity contribution in [3.8, 4) is 0 Å². The Labute approximate surface area is 121 Å². The van der Waals surface area contributed by atoms with E-state index in [1.54, 1.807) is 11.3 Å². The SMILES string of the molecule is CCCNC(c1ccsc1)C1CC(C)(C)OC1(C)C. The summed E-state index contributed by atoms with van der Waals surface area (Å²) in [4.78, 5) is 0. The first-order chi connectivity index (χ1) is 8.86. The lowest BCUT2D eigenvalue weighted by Gasteiger charge is -2.33. The van der Waals surface area contributed by atoms with Crippen molar-refractivity contribution in [2.45, 2.75) is 64.7 Å². The molecule has 19 heavy (non-hydrogen) atoms. The zero-order chi connectivity index (χ0) is 14.1. The van der Waals surface area contributed by atoms with Crippen LogP contribution in [-0.2, 0) is 4.74 Å². The average Bonchev–Trinajstić information content (AvgIpc) is 2.86. The molecule has 1 fully saturated rings. The second kappa shape index (κ2) is 5.55. The van der Waals surface area contributed by atoms with E-state index in [0.717, 1.165) is 19.4 Å². The summed E-state index contributed by atoms with van der Waals surface area (Å²) in [6.45, 7) is 12.2. The van der Waals surface area contributed by atoms with Crippen LogP contribution in [-0.4, -0.2) is 17.7 Å². The van der Waals surface area contributed by atoms with Crippen LogP contribution in [0.15, 0.2) is 16.8 Å². The van der Waals surface area contributed by atoms with E-state index in [0.29, 0.717) is 12.0 Å². The molecule has 1 aliphatic rings. The van der Waals surface area contributed by atoms with Gasteiger partial charge in [-0.3, -0.25) is 0 Å². The van der Waals surface area contributed by atoms with Crippen molar-refractivity contribution in [1.82, 2.24) is 5.32 Å². The highest BCUT2D eigenvalue weighted by Gasteiger charge is 2.49. The smallest absolute Gasteiger partial charge is 0.0681 e. The number of ether oxygens (including phenoxy) is 1. The summed E-state index contributed by atoms with van der Waals surface area (Å²) in [7, 11) is 0. The molecule has 0 aliphatic carbocycles. The maximum atomic E-state index is 6.27. The first-order valence-corrected chi connectivity index (χ1v) is 8.25. The van der Waals surface area contributed by atoms with Gasteiger partial charge in [0.2, 0.25) is 0 Å². The van der Waals surface area contributed by atoms with Gasteiger partial charge in [-0.1, -0.05) is 6.92 Å². The first-order valence-electron chi connectivity index (χ1n) is 7.31. The lowest BCUT2D eigenvalue weighted by Crippen LogP contribution is -2.38. The molecule has 1 N–H and O–H groups in total. The largest absolute Gasteiger partial charge is 0.369 e. The Morgan fingerprint density at radius 3 is 2.63 bits per heavy atom. The predicted molar refractivity (Wildman–Crippen MR) is 82.7 cm³/mol. The molecule has 0 aromatic carbocycles. The molecule has 0 saturated carbocycles. The van der Waals surface area contributed by atoms with Gasteiger partial charge >= 0.3 is 0 Å². The van der Waals surface area contributed by atoms with E-state index in [1.165, 1.54) is 5.56 Å². The third-order valence-electron chi connectivity index (χ3n) is 4.06. The van der Waals surface area contributed by atoms with Gasteiger partial charge in [-0.2, -0.15) is 11.3 Å². The lowest BCUT2D eigenvalue weighted by molar-refractivity contribution is -0.0778. The zero-order valence-electron chi connectivity index (χ0n) is 12.8. The molecule has 2 heterocycles. The third-order valence-corrected chi connectivity index (χ3v) is 4.76. The molecule has 1 saturated heterocycles. The summed E-state index contributed by atoms with van der Waals surface area (Å²) in [6.07, 6.45) is 2.27. The van der Waals surface area contributed by atoms with E-state index >= 15 is 0 Å². The van der Waals surface area contributed by atoms with Crippen LogP contribution < -0.4 is 5.32 Å². The van der Waals surface area contributed by atoms with Crippen LogP contribution in [0.3, 0.4) is 0 Å². The lowest BCUT2D eigenvalue weighted by atomic mass is 9.79. The highest BCUT2D eigenvalue weighted by molar-refractivity contribution is 7.07. The molecular weight excluding hydrogens is 254 g/mol. The maximum Gasteiger partial charge on any atom is 0.0681 e. The molecule has 0 amide bonds. The molecule has 3 heteroatoms. The molecule has 2 unspecified atom stereocenters. The Morgan fingerprint density at radius 2 is 2.16 bits per heavy atom. The van der Waals surface area contributed by atoms with Crippen molar-refractivity contribution in [3.05, 3.63) is 22.4 Å². The minimum Gasteiger partial charge on any atom is -0.369 e. The number of nitrogens with one attached hydrogen (secondary N) is 1. The van der Waals surface area contributed by atoms with Crippen LogP contribution in [0.5, 0.6) is 0 Å². The fourth-order valence-corrected chi connectivity index (χ4v) is 4.06. The first kappa shape index (κ1) is 15.0. The van der Waals surface area contributed by atoms with Gasteiger partial charge in [0.05, 0.1) is 11.2 Å². The average molecular weight is 281 g/mol. The van der Waals surface area contributed by atoms with Crippen LogP contribution in [0.25, 0.3) is 0 Å². The van der Waals surface area contributed by atoms with Crippen LogP contribution in [0.1, 0.15) is 59.1 Å². The number of hydrogen-bond acceptors (Lipinski definition) is 3. The highest BCUT2D eigenvalue weighted by atomic mass is 32.1. The standard InChI is InChI=1S/C16H27NOS/c1-6-8-17-14(12-7-9-19-11-12)13-10-15(2,3)18-16(13,4)5/h7,9,11,13-14,17H,6,8,10H2,1-5H3. The molecule has 0 bridgehead atoms. The van der Waals surface area contributed by atoms with Gasteiger partial charge in [0.1, 0.15) is 0 Å². The molecule has 0 radical (unpaired) electrons. The van der Waals surface area contributed by atoms with Crippen molar-refractivity contribution in [2.24, 2.45) is 5.92 Å². The minimum absolute atomic E-state index is 0.0175. The second-order valence-corrected chi connectivity index (χ2v) is 7.54. The number of rotatable bonds is 5. The Morgan fingerprint density at radius 1 is 1.42 bits per heavy atom. The van der Waals surface area contributed by atoms with Crippen molar-refractivity contribution in [3.63, 3.8) is 0 Å². The van der Waals surface area contributed by atoms with Crippen molar-refractivity contribution >= 4 is 11.3 Å². The fourth-order valence-electron chi connectivity index (χ4n) is 3.37. The van der Waals surface area contributed by atoms with Gasteiger partial charge in [0, 0.05) is 12.0 Å². The molecule has 1 aromatic heterocycles. The molecule has 1 aliphatic heterocycles. The zero-order valence-corrected chi connectivity index (χ0v) is 13.6. The normalized spacial score (nSPS) is 26.5. The van der Waals surface area contributed by atoms with E-state index in [9.17, 15) is 0 Å². The minimum atomic E-state index is -0.0726. The summed E-state index contributed by atoms with van der Waals surface area (Å²) < 4.78 is 6.27. The Hall–Kier alpha value is -0.380. The van der Waals surface area contributed by atoms with Crippen LogP contribution in [0.2, 0.25) is 0 Å². The van der Waals surface area contributed by atoms with E-state index in [-0.39, 0.29) is 11.2 Å². The summed E-state index contributed by atoms with van der Waals surface area (Å²) in [5, 5.41) is 8.18. The molecule has 2 atom stereocenters. The van der Waals surface area contributed by atoms with Crippen LogP contribution in [0.4, 0.5) is 0 Å². The van der Waals surface area contributed by atoms with Gasteiger partial charge in [-0.05, 0) is 69.5 Å². The monoisotopic (exact) mass is 281 g/mol. The van der Waals surface area contributed by atoms with E-state index in [1.807, 2.05) is 0 Å². The highest BCUT2D eigenvalue weighted by Crippen LogP contribution is 2.47. The molecule has 1 aromatic rings. The molecule has 108 valence electrons.